The number of carbonyl (C=O) groups excluding carboxylic acids is 2. The second kappa shape index (κ2) is 10.8. The van der Waals surface area contributed by atoms with E-state index in [4.69, 9.17) is 9.47 Å². The van der Waals surface area contributed by atoms with E-state index < -0.39 is 11.9 Å². The Morgan fingerprint density at radius 1 is 0.947 bits per heavy atom. The van der Waals surface area contributed by atoms with Crippen LogP contribution in [0, 0.1) is 11.8 Å². The molecule has 1 atom stereocenters. The second-order valence-corrected chi connectivity index (χ2v) is 5.46. The summed E-state index contributed by atoms with van der Waals surface area (Å²) in [5.41, 5.74) is 0. The van der Waals surface area contributed by atoms with Gasteiger partial charge in [-0.25, -0.2) is 0 Å². The van der Waals surface area contributed by atoms with Gasteiger partial charge in [-0.3, -0.25) is 9.59 Å². The Labute approximate surface area is 116 Å². The first-order chi connectivity index (χ1) is 8.95. The summed E-state index contributed by atoms with van der Waals surface area (Å²) in [6.45, 7) is 9.22. The third kappa shape index (κ3) is 11.7. The third-order valence-corrected chi connectivity index (χ3v) is 3.05. The smallest absolute Gasteiger partial charge is 0.317 e. The molecule has 0 aliphatic carbocycles. The maximum absolute atomic E-state index is 11.3. The van der Waals surface area contributed by atoms with Crippen LogP contribution < -0.4 is 0 Å². The Morgan fingerprint density at radius 2 is 1.53 bits per heavy atom. The van der Waals surface area contributed by atoms with E-state index in [0.29, 0.717) is 25.0 Å². The quantitative estimate of drug-likeness (QED) is 0.348. The van der Waals surface area contributed by atoms with Crippen molar-refractivity contribution in [2.24, 2.45) is 11.8 Å². The van der Waals surface area contributed by atoms with Crippen molar-refractivity contribution in [3.63, 3.8) is 0 Å². The van der Waals surface area contributed by atoms with Crippen molar-refractivity contribution in [1.82, 2.24) is 0 Å². The van der Waals surface area contributed by atoms with E-state index in [9.17, 15) is 9.59 Å². The minimum absolute atomic E-state index is 0.276. The molecule has 19 heavy (non-hydrogen) atoms. The molecule has 0 aromatic rings. The molecular formula is C15H28O4. The number of hydrogen-bond donors (Lipinski definition) is 0. The highest BCUT2D eigenvalue weighted by atomic mass is 16.6. The monoisotopic (exact) mass is 272 g/mol. The molecule has 0 amide bonds. The number of carbonyl (C=O) groups is 2. The van der Waals surface area contributed by atoms with Crippen molar-refractivity contribution in [2.45, 2.75) is 59.8 Å². The lowest BCUT2D eigenvalue weighted by Gasteiger charge is -2.09. The van der Waals surface area contributed by atoms with E-state index in [-0.39, 0.29) is 6.42 Å². The van der Waals surface area contributed by atoms with E-state index in [0.717, 1.165) is 25.7 Å². The van der Waals surface area contributed by atoms with Crippen molar-refractivity contribution in [2.75, 3.05) is 13.2 Å². The van der Waals surface area contributed by atoms with Crippen LogP contribution in [0.1, 0.15) is 59.8 Å². The minimum Gasteiger partial charge on any atom is -0.465 e. The van der Waals surface area contributed by atoms with Crippen LogP contribution in [0.4, 0.5) is 0 Å². The van der Waals surface area contributed by atoms with Gasteiger partial charge in [-0.05, 0) is 31.1 Å². The van der Waals surface area contributed by atoms with Crippen LogP contribution in [0.5, 0.6) is 0 Å². The molecule has 4 heteroatoms. The SMILES string of the molecule is CCC(C)CCOC(=O)CC(=O)OCCCC(C)C. The molecule has 1 unspecified atom stereocenters. The third-order valence-electron chi connectivity index (χ3n) is 3.05. The molecule has 0 bridgehead atoms. The molecule has 112 valence electrons. The summed E-state index contributed by atoms with van der Waals surface area (Å²) in [5.74, 6) is 0.162. The lowest BCUT2D eigenvalue weighted by molar-refractivity contribution is -0.154. The second-order valence-electron chi connectivity index (χ2n) is 5.46. The lowest BCUT2D eigenvalue weighted by atomic mass is 10.1. The Bertz CT molecular complexity index is 261. The van der Waals surface area contributed by atoms with E-state index in [1.54, 1.807) is 0 Å². The van der Waals surface area contributed by atoms with Gasteiger partial charge in [0.05, 0.1) is 13.2 Å². The normalized spacial score (nSPS) is 12.3. The predicted octanol–water partition coefficient (Wildman–Crippen LogP) is 3.34. The van der Waals surface area contributed by atoms with Crippen LogP contribution in [0.2, 0.25) is 0 Å². The fraction of sp³-hybridized carbons (Fsp3) is 0.867. The van der Waals surface area contributed by atoms with E-state index in [1.165, 1.54) is 0 Å². The van der Waals surface area contributed by atoms with Crippen LogP contribution in [0.15, 0.2) is 0 Å². The van der Waals surface area contributed by atoms with Crippen molar-refractivity contribution in [1.29, 1.82) is 0 Å². The van der Waals surface area contributed by atoms with Gasteiger partial charge in [-0.2, -0.15) is 0 Å². The van der Waals surface area contributed by atoms with Crippen LogP contribution in [0.25, 0.3) is 0 Å². The number of ether oxygens (including phenoxy) is 2. The summed E-state index contributed by atoms with van der Waals surface area (Å²) < 4.78 is 9.96. The number of esters is 2. The summed E-state index contributed by atoms with van der Waals surface area (Å²) >= 11 is 0. The molecule has 0 radical (unpaired) electrons. The fourth-order valence-electron chi connectivity index (χ4n) is 1.48. The van der Waals surface area contributed by atoms with Gasteiger partial charge in [0.15, 0.2) is 0 Å². The molecule has 0 saturated carbocycles. The van der Waals surface area contributed by atoms with Gasteiger partial charge >= 0.3 is 11.9 Å². The molecule has 0 aliphatic heterocycles. The minimum atomic E-state index is -0.489. The van der Waals surface area contributed by atoms with Gasteiger partial charge in [0.25, 0.3) is 0 Å². The van der Waals surface area contributed by atoms with Crippen molar-refractivity contribution in [3.05, 3.63) is 0 Å². The van der Waals surface area contributed by atoms with E-state index >= 15 is 0 Å². The van der Waals surface area contributed by atoms with Gasteiger partial charge in [0, 0.05) is 0 Å². The molecule has 0 N–H and O–H groups in total. The maximum Gasteiger partial charge on any atom is 0.317 e. The molecular weight excluding hydrogens is 244 g/mol. The van der Waals surface area contributed by atoms with Crippen LogP contribution in [-0.4, -0.2) is 25.2 Å². The van der Waals surface area contributed by atoms with Crippen molar-refractivity contribution in [3.8, 4) is 0 Å². The molecule has 0 heterocycles. The average Bonchev–Trinajstić information content (AvgIpc) is 2.34. The maximum atomic E-state index is 11.3. The van der Waals surface area contributed by atoms with Gasteiger partial charge in [-0.1, -0.05) is 34.1 Å². The Kier molecular flexibility index (Phi) is 10.2. The molecule has 0 aliphatic rings. The zero-order chi connectivity index (χ0) is 14.7. The summed E-state index contributed by atoms with van der Waals surface area (Å²) in [6, 6.07) is 0. The number of rotatable bonds is 10. The molecule has 0 aromatic carbocycles. The summed E-state index contributed by atoms with van der Waals surface area (Å²) in [5, 5.41) is 0. The highest BCUT2D eigenvalue weighted by Gasteiger charge is 2.12. The Morgan fingerprint density at radius 3 is 2.05 bits per heavy atom. The first-order valence-corrected chi connectivity index (χ1v) is 7.26. The molecule has 0 saturated heterocycles. The molecule has 0 aromatic heterocycles. The highest BCUT2D eigenvalue weighted by molar-refractivity contribution is 5.91. The molecule has 0 fully saturated rings. The van der Waals surface area contributed by atoms with Gasteiger partial charge < -0.3 is 9.47 Å². The summed E-state index contributed by atoms with van der Waals surface area (Å²) in [4.78, 5) is 22.7. The predicted molar refractivity (Wildman–Crippen MR) is 74.7 cm³/mol. The first kappa shape index (κ1) is 17.9. The fourth-order valence-corrected chi connectivity index (χ4v) is 1.48. The first-order valence-electron chi connectivity index (χ1n) is 7.26. The molecule has 0 rings (SSSR count). The van der Waals surface area contributed by atoms with Crippen LogP contribution in [0.3, 0.4) is 0 Å². The van der Waals surface area contributed by atoms with Gasteiger partial charge in [-0.15, -0.1) is 0 Å². The zero-order valence-electron chi connectivity index (χ0n) is 12.7. The topological polar surface area (TPSA) is 52.6 Å². The zero-order valence-corrected chi connectivity index (χ0v) is 12.7. The molecule has 0 spiro atoms. The van der Waals surface area contributed by atoms with Gasteiger partial charge in [0.2, 0.25) is 0 Å². The van der Waals surface area contributed by atoms with E-state index in [2.05, 4.69) is 27.7 Å². The summed E-state index contributed by atoms with van der Waals surface area (Å²) in [6.07, 6.45) is 3.49. The highest BCUT2D eigenvalue weighted by Crippen LogP contribution is 2.07. The standard InChI is InChI=1S/C15H28O4/c1-5-13(4)8-10-19-15(17)11-14(16)18-9-6-7-12(2)3/h12-13H,5-11H2,1-4H3. The lowest BCUT2D eigenvalue weighted by Crippen LogP contribution is -2.15. The average molecular weight is 272 g/mol. The van der Waals surface area contributed by atoms with Crippen LogP contribution in [-0.2, 0) is 19.1 Å². The van der Waals surface area contributed by atoms with E-state index in [1.807, 2.05) is 0 Å². The number of hydrogen-bond acceptors (Lipinski definition) is 4. The van der Waals surface area contributed by atoms with Crippen molar-refractivity contribution >= 4 is 11.9 Å². The van der Waals surface area contributed by atoms with Gasteiger partial charge in [0.1, 0.15) is 6.42 Å². The molecule has 4 nitrogen and oxygen atoms in total. The van der Waals surface area contributed by atoms with Crippen LogP contribution >= 0.6 is 0 Å². The largest absolute Gasteiger partial charge is 0.465 e. The van der Waals surface area contributed by atoms with Crippen molar-refractivity contribution < 1.29 is 19.1 Å². The Hall–Kier alpha value is -1.06. The Balaban J connectivity index is 3.55. The summed E-state index contributed by atoms with van der Waals surface area (Å²) in [7, 11) is 0.